The zero-order valence-electron chi connectivity index (χ0n) is 10.5. The quantitative estimate of drug-likeness (QED) is 0.739. The van der Waals surface area contributed by atoms with Crippen LogP contribution in [0.4, 0.5) is 9.18 Å². The molecule has 1 saturated heterocycles. The molecule has 0 saturated carbocycles. The standard InChI is InChI=1S/C11H21FN2O2/c1-11(2,3)16-10(15)13(4)5-6-14-7-9(12)8-14/h9H,5-8H2,1-4H3. The van der Waals surface area contributed by atoms with Gasteiger partial charge in [0.2, 0.25) is 0 Å². The van der Waals surface area contributed by atoms with Crippen molar-refractivity contribution in [1.29, 1.82) is 0 Å². The Hall–Kier alpha value is -0.840. The molecule has 0 unspecified atom stereocenters. The van der Waals surface area contributed by atoms with E-state index in [0.717, 1.165) is 0 Å². The SMILES string of the molecule is CN(CCN1CC(F)C1)C(=O)OC(C)(C)C. The molecule has 0 aromatic carbocycles. The lowest BCUT2D eigenvalue weighted by Crippen LogP contribution is -2.51. The first-order valence-electron chi connectivity index (χ1n) is 5.58. The van der Waals surface area contributed by atoms with Crippen molar-refractivity contribution in [3.05, 3.63) is 0 Å². The molecule has 1 amide bonds. The summed E-state index contributed by atoms with van der Waals surface area (Å²) in [5, 5.41) is 0. The van der Waals surface area contributed by atoms with Gasteiger partial charge in [-0.25, -0.2) is 9.18 Å². The molecule has 4 nitrogen and oxygen atoms in total. The molecule has 1 heterocycles. The van der Waals surface area contributed by atoms with Gasteiger partial charge in [0, 0.05) is 33.2 Å². The number of hydrogen-bond donors (Lipinski definition) is 0. The molecule has 0 aliphatic carbocycles. The van der Waals surface area contributed by atoms with Gasteiger partial charge in [-0.3, -0.25) is 4.90 Å². The Morgan fingerprint density at radius 2 is 2.06 bits per heavy atom. The van der Waals surface area contributed by atoms with Crippen LogP contribution < -0.4 is 0 Å². The van der Waals surface area contributed by atoms with Gasteiger partial charge in [-0.1, -0.05) is 0 Å². The maximum atomic E-state index is 12.5. The lowest BCUT2D eigenvalue weighted by molar-refractivity contribution is 0.0216. The molecule has 0 aromatic heterocycles. The Morgan fingerprint density at radius 1 is 1.50 bits per heavy atom. The second-order valence-corrected chi connectivity index (χ2v) is 5.26. The third-order valence-electron chi connectivity index (χ3n) is 2.37. The van der Waals surface area contributed by atoms with Crippen molar-refractivity contribution in [2.75, 3.05) is 33.2 Å². The first-order chi connectivity index (χ1) is 7.28. The van der Waals surface area contributed by atoms with Gasteiger partial charge in [0.15, 0.2) is 0 Å². The average Bonchev–Trinajstić information content (AvgIpc) is 2.07. The highest BCUT2D eigenvalue weighted by Crippen LogP contribution is 2.11. The highest BCUT2D eigenvalue weighted by atomic mass is 19.1. The Bertz CT molecular complexity index is 247. The first kappa shape index (κ1) is 13.2. The topological polar surface area (TPSA) is 32.8 Å². The summed E-state index contributed by atoms with van der Waals surface area (Å²) in [6.45, 7) is 7.76. The fourth-order valence-electron chi connectivity index (χ4n) is 1.41. The van der Waals surface area contributed by atoms with E-state index in [1.54, 1.807) is 7.05 Å². The van der Waals surface area contributed by atoms with Crippen LogP contribution in [0.3, 0.4) is 0 Å². The van der Waals surface area contributed by atoms with E-state index in [-0.39, 0.29) is 6.09 Å². The Morgan fingerprint density at radius 3 is 2.50 bits per heavy atom. The smallest absolute Gasteiger partial charge is 0.410 e. The van der Waals surface area contributed by atoms with Gasteiger partial charge in [0.1, 0.15) is 11.8 Å². The van der Waals surface area contributed by atoms with E-state index in [0.29, 0.717) is 26.2 Å². The van der Waals surface area contributed by atoms with Crippen molar-refractivity contribution in [2.45, 2.75) is 32.5 Å². The van der Waals surface area contributed by atoms with E-state index in [9.17, 15) is 9.18 Å². The van der Waals surface area contributed by atoms with Crippen LogP contribution in [0.5, 0.6) is 0 Å². The minimum Gasteiger partial charge on any atom is -0.444 e. The predicted molar refractivity (Wildman–Crippen MR) is 60.2 cm³/mol. The summed E-state index contributed by atoms with van der Waals surface area (Å²) in [5.74, 6) is 0. The van der Waals surface area contributed by atoms with Crippen LogP contribution in [0, 0.1) is 0 Å². The zero-order chi connectivity index (χ0) is 12.3. The van der Waals surface area contributed by atoms with Crippen LogP contribution in [0.15, 0.2) is 0 Å². The number of nitrogens with zero attached hydrogens (tertiary/aromatic N) is 2. The minimum absolute atomic E-state index is 0.329. The number of rotatable bonds is 3. The summed E-state index contributed by atoms with van der Waals surface area (Å²) in [5.41, 5.74) is -0.466. The molecule has 1 aliphatic heterocycles. The molecule has 0 aromatic rings. The third-order valence-corrected chi connectivity index (χ3v) is 2.37. The number of amides is 1. The van der Waals surface area contributed by atoms with Crippen LogP contribution in [0.1, 0.15) is 20.8 Å². The van der Waals surface area contributed by atoms with Gasteiger partial charge < -0.3 is 9.64 Å². The lowest BCUT2D eigenvalue weighted by Gasteiger charge is -2.35. The number of carbonyl (C=O) groups excluding carboxylic acids is 1. The molecule has 1 rings (SSSR count). The van der Waals surface area contributed by atoms with Crippen LogP contribution in [-0.2, 0) is 4.74 Å². The van der Waals surface area contributed by atoms with Crippen molar-refractivity contribution in [1.82, 2.24) is 9.80 Å². The average molecular weight is 232 g/mol. The van der Waals surface area contributed by atoms with Crippen molar-refractivity contribution in [3.8, 4) is 0 Å². The number of hydrogen-bond acceptors (Lipinski definition) is 3. The van der Waals surface area contributed by atoms with E-state index < -0.39 is 11.8 Å². The maximum Gasteiger partial charge on any atom is 0.410 e. The number of likely N-dealkylation sites (tertiary alicyclic amines) is 1. The second kappa shape index (κ2) is 4.99. The second-order valence-electron chi connectivity index (χ2n) is 5.26. The summed E-state index contributed by atoms with van der Waals surface area (Å²) in [4.78, 5) is 15.1. The van der Waals surface area contributed by atoms with Gasteiger partial charge in [-0.2, -0.15) is 0 Å². The number of alkyl halides is 1. The highest BCUT2D eigenvalue weighted by molar-refractivity contribution is 5.67. The van der Waals surface area contributed by atoms with Crippen LogP contribution in [-0.4, -0.2) is 60.9 Å². The largest absolute Gasteiger partial charge is 0.444 e. The molecule has 0 bridgehead atoms. The number of ether oxygens (including phenoxy) is 1. The summed E-state index contributed by atoms with van der Waals surface area (Å²) in [6.07, 6.45) is -1.02. The Labute approximate surface area is 96.3 Å². The van der Waals surface area contributed by atoms with Crippen molar-refractivity contribution in [3.63, 3.8) is 0 Å². The molecule has 1 aliphatic rings. The van der Waals surface area contributed by atoms with Gasteiger partial charge in [0.25, 0.3) is 0 Å². The van der Waals surface area contributed by atoms with Crippen LogP contribution in [0.25, 0.3) is 0 Å². The molecule has 1 fully saturated rings. The van der Waals surface area contributed by atoms with Gasteiger partial charge in [0.05, 0.1) is 0 Å². The Kier molecular flexibility index (Phi) is 4.13. The van der Waals surface area contributed by atoms with Crippen molar-refractivity contribution in [2.24, 2.45) is 0 Å². The summed E-state index contributed by atoms with van der Waals surface area (Å²) >= 11 is 0. The van der Waals surface area contributed by atoms with E-state index in [1.807, 2.05) is 25.7 Å². The molecule has 16 heavy (non-hydrogen) atoms. The van der Waals surface area contributed by atoms with Gasteiger partial charge >= 0.3 is 6.09 Å². The molecular formula is C11H21FN2O2. The van der Waals surface area contributed by atoms with E-state index in [2.05, 4.69) is 0 Å². The molecule has 0 spiro atoms. The molecule has 0 N–H and O–H groups in total. The Balaban J connectivity index is 2.19. The molecule has 0 atom stereocenters. The monoisotopic (exact) mass is 232 g/mol. The summed E-state index contributed by atoms with van der Waals surface area (Å²) in [6, 6.07) is 0. The number of halogens is 1. The highest BCUT2D eigenvalue weighted by Gasteiger charge is 2.26. The fourth-order valence-corrected chi connectivity index (χ4v) is 1.41. The minimum atomic E-state index is -0.688. The van der Waals surface area contributed by atoms with Crippen LogP contribution >= 0.6 is 0 Å². The number of likely N-dealkylation sites (N-methyl/N-ethyl adjacent to an activating group) is 1. The van der Waals surface area contributed by atoms with E-state index >= 15 is 0 Å². The summed E-state index contributed by atoms with van der Waals surface area (Å²) < 4.78 is 17.7. The van der Waals surface area contributed by atoms with Crippen LogP contribution in [0.2, 0.25) is 0 Å². The van der Waals surface area contributed by atoms with E-state index in [4.69, 9.17) is 4.74 Å². The maximum absolute atomic E-state index is 12.5. The fraction of sp³-hybridized carbons (Fsp3) is 0.909. The normalized spacial score (nSPS) is 18.1. The lowest BCUT2D eigenvalue weighted by atomic mass is 10.2. The van der Waals surface area contributed by atoms with Crippen molar-refractivity contribution >= 4 is 6.09 Å². The predicted octanol–water partition coefficient (Wildman–Crippen LogP) is 1.51. The number of carbonyl (C=O) groups is 1. The van der Waals surface area contributed by atoms with Gasteiger partial charge in [-0.05, 0) is 20.8 Å². The third kappa shape index (κ3) is 4.35. The van der Waals surface area contributed by atoms with Gasteiger partial charge in [-0.15, -0.1) is 0 Å². The first-order valence-corrected chi connectivity index (χ1v) is 5.58. The molecular weight excluding hydrogens is 211 g/mol. The summed E-state index contributed by atoms with van der Waals surface area (Å²) in [7, 11) is 1.70. The van der Waals surface area contributed by atoms with Crippen molar-refractivity contribution < 1.29 is 13.9 Å². The zero-order valence-corrected chi connectivity index (χ0v) is 10.5. The molecule has 0 radical (unpaired) electrons. The molecule has 5 heteroatoms. The van der Waals surface area contributed by atoms with E-state index in [1.165, 1.54) is 4.90 Å². The molecule has 94 valence electrons.